The molecule has 102 valence electrons. The highest BCUT2D eigenvalue weighted by atomic mass is 32.1. The molecule has 2 heterocycles. The van der Waals surface area contributed by atoms with Crippen molar-refractivity contribution in [2.45, 2.75) is 33.4 Å². The fraction of sp³-hybridized carbons (Fsp3) is 0.357. The molecule has 0 aliphatic rings. The van der Waals surface area contributed by atoms with E-state index in [9.17, 15) is 4.79 Å². The minimum Gasteiger partial charge on any atom is -0.464 e. The molecule has 5 heteroatoms. The fourth-order valence-corrected chi connectivity index (χ4v) is 2.62. The zero-order valence-corrected chi connectivity index (χ0v) is 12.2. The molecule has 4 nitrogen and oxygen atoms in total. The van der Waals surface area contributed by atoms with Crippen LogP contribution in [-0.2, 0) is 6.54 Å². The Balaban J connectivity index is 2.21. The highest BCUT2D eigenvalue weighted by Crippen LogP contribution is 2.23. The van der Waals surface area contributed by atoms with Crippen LogP contribution in [0, 0.1) is 6.92 Å². The summed E-state index contributed by atoms with van der Waals surface area (Å²) in [5, 5.41) is 1.83. The summed E-state index contributed by atoms with van der Waals surface area (Å²) in [7, 11) is 0. The smallest absolute Gasteiger partial charge is 0.266 e. The first-order chi connectivity index (χ1) is 8.99. The van der Waals surface area contributed by atoms with Crippen molar-refractivity contribution < 1.29 is 9.21 Å². The Morgan fingerprint density at radius 2 is 2.16 bits per heavy atom. The molecule has 0 atom stereocenters. The SMILES string of the molecule is Cc1ccc(CN(C(=O)c2sccc2N)C(C)C)o1. The Morgan fingerprint density at radius 1 is 1.42 bits per heavy atom. The second-order valence-electron chi connectivity index (χ2n) is 4.74. The van der Waals surface area contributed by atoms with Gasteiger partial charge in [-0.25, -0.2) is 0 Å². The van der Waals surface area contributed by atoms with Gasteiger partial charge in [0.15, 0.2) is 0 Å². The van der Waals surface area contributed by atoms with Crippen LogP contribution >= 0.6 is 11.3 Å². The maximum atomic E-state index is 12.5. The molecular formula is C14H18N2O2S. The summed E-state index contributed by atoms with van der Waals surface area (Å²) in [5.74, 6) is 1.59. The van der Waals surface area contributed by atoms with Crippen LogP contribution in [0.15, 0.2) is 28.0 Å². The number of anilines is 1. The number of nitrogens with zero attached hydrogens (tertiary/aromatic N) is 1. The largest absolute Gasteiger partial charge is 0.464 e. The normalized spacial score (nSPS) is 10.9. The topological polar surface area (TPSA) is 59.5 Å². The average molecular weight is 278 g/mol. The number of carbonyl (C=O) groups is 1. The fourth-order valence-electron chi connectivity index (χ4n) is 1.85. The Labute approximate surface area is 116 Å². The maximum absolute atomic E-state index is 12.5. The van der Waals surface area contributed by atoms with Gasteiger partial charge in [0, 0.05) is 6.04 Å². The van der Waals surface area contributed by atoms with Gasteiger partial charge in [-0.2, -0.15) is 0 Å². The maximum Gasteiger partial charge on any atom is 0.266 e. The second kappa shape index (κ2) is 5.48. The van der Waals surface area contributed by atoms with Gasteiger partial charge in [-0.05, 0) is 44.4 Å². The lowest BCUT2D eigenvalue weighted by atomic mass is 10.2. The van der Waals surface area contributed by atoms with Gasteiger partial charge in [0.25, 0.3) is 5.91 Å². The number of hydrogen-bond acceptors (Lipinski definition) is 4. The van der Waals surface area contributed by atoms with E-state index >= 15 is 0 Å². The van der Waals surface area contributed by atoms with Gasteiger partial charge in [0.2, 0.25) is 0 Å². The monoisotopic (exact) mass is 278 g/mol. The third-order valence-corrected chi connectivity index (χ3v) is 3.81. The summed E-state index contributed by atoms with van der Waals surface area (Å²) in [6.07, 6.45) is 0. The van der Waals surface area contributed by atoms with Gasteiger partial charge in [-0.15, -0.1) is 11.3 Å². The van der Waals surface area contributed by atoms with E-state index in [2.05, 4.69) is 0 Å². The van der Waals surface area contributed by atoms with Crippen LogP contribution in [0.1, 0.15) is 35.0 Å². The van der Waals surface area contributed by atoms with Crippen molar-refractivity contribution in [2.75, 3.05) is 5.73 Å². The minimum atomic E-state index is -0.0449. The number of amides is 1. The molecule has 0 aliphatic heterocycles. The molecule has 0 saturated carbocycles. The van der Waals surface area contributed by atoms with Crippen molar-refractivity contribution in [3.8, 4) is 0 Å². The predicted octanol–water partition coefficient (Wildman–Crippen LogP) is 3.28. The summed E-state index contributed by atoms with van der Waals surface area (Å²) in [5.41, 5.74) is 6.35. The number of furan rings is 1. The number of nitrogen functional groups attached to an aromatic ring is 1. The van der Waals surface area contributed by atoms with Crippen molar-refractivity contribution in [1.82, 2.24) is 4.90 Å². The Bertz CT molecular complexity index is 572. The van der Waals surface area contributed by atoms with Crippen LogP contribution in [0.3, 0.4) is 0 Å². The predicted molar refractivity (Wildman–Crippen MR) is 77.2 cm³/mol. The van der Waals surface area contributed by atoms with Crippen LogP contribution in [0.4, 0.5) is 5.69 Å². The Hall–Kier alpha value is -1.75. The van der Waals surface area contributed by atoms with Gasteiger partial charge in [-0.3, -0.25) is 4.79 Å². The average Bonchev–Trinajstić information content (AvgIpc) is 2.94. The molecule has 0 radical (unpaired) electrons. The number of thiophene rings is 1. The van der Waals surface area contributed by atoms with E-state index in [1.54, 1.807) is 11.0 Å². The molecule has 0 spiro atoms. The van der Waals surface area contributed by atoms with Crippen LogP contribution in [0.25, 0.3) is 0 Å². The lowest BCUT2D eigenvalue weighted by molar-refractivity contribution is 0.0681. The number of carbonyl (C=O) groups excluding carboxylic acids is 1. The molecule has 1 amide bonds. The molecule has 2 rings (SSSR count). The highest BCUT2D eigenvalue weighted by molar-refractivity contribution is 7.12. The zero-order chi connectivity index (χ0) is 14.0. The summed E-state index contributed by atoms with van der Waals surface area (Å²) in [6, 6.07) is 5.64. The van der Waals surface area contributed by atoms with Crippen molar-refractivity contribution in [2.24, 2.45) is 0 Å². The molecule has 19 heavy (non-hydrogen) atoms. The molecule has 0 aromatic carbocycles. The van der Waals surface area contributed by atoms with E-state index in [-0.39, 0.29) is 11.9 Å². The van der Waals surface area contributed by atoms with E-state index < -0.39 is 0 Å². The van der Waals surface area contributed by atoms with Gasteiger partial charge in [0.1, 0.15) is 16.4 Å². The molecule has 0 unspecified atom stereocenters. The standard InChI is InChI=1S/C14H18N2O2S/c1-9(2)16(8-11-5-4-10(3)18-11)14(17)13-12(15)6-7-19-13/h4-7,9H,8,15H2,1-3H3. The van der Waals surface area contributed by atoms with Crippen LogP contribution < -0.4 is 5.73 Å². The molecular weight excluding hydrogens is 260 g/mol. The van der Waals surface area contributed by atoms with Gasteiger partial charge in [0.05, 0.1) is 12.2 Å². The molecule has 0 fully saturated rings. The van der Waals surface area contributed by atoms with Gasteiger partial charge in [-0.1, -0.05) is 0 Å². The van der Waals surface area contributed by atoms with Crippen molar-refractivity contribution in [3.63, 3.8) is 0 Å². The third kappa shape index (κ3) is 2.98. The molecule has 2 aromatic rings. The van der Waals surface area contributed by atoms with E-state index in [1.807, 2.05) is 38.3 Å². The van der Waals surface area contributed by atoms with E-state index in [4.69, 9.17) is 10.2 Å². The first-order valence-corrected chi connectivity index (χ1v) is 7.06. The molecule has 0 saturated heterocycles. The van der Waals surface area contributed by atoms with E-state index in [0.29, 0.717) is 17.1 Å². The second-order valence-corrected chi connectivity index (χ2v) is 5.66. The van der Waals surface area contributed by atoms with Gasteiger partial charge < -0.3 is 15.1 Å². The lowest BCUT2D eigenvalue weighted by Crippen LogP contribution is -2.36. The lowest BCUT2D eigenvalue weighted by Gasteiger charge is -2.25. The molecule has 2 N–H and O–H groups in total. The Kier molecular flexibility index (Phi) is 3.95. The van der Waals surface area contributed by atoms with E-state index in [1.165, 1.54) is 11.3 Å². The van der Waals surface area contributed by atoms with Crippen LogP contribution in [0.5, 0.6) is 0 Å². The van der Waals surface area contributed by atoms with Gasteiger partial charge >= 0.3 is 0 Å². The molecule has 0 aliphatic carbocycles. The molecule has 0 bridgehead atoms. The first-order valence-electron chi connectivity index (χ1n) is 6.18. The number of nitrogens with two attached hydrogens (primary N) is 1. The number of rotatable bonds is 4. The quantitative estimate of drug-likeness (QED) is 0.933. The minimum absolute atomic E-state index is 0.0449. The summed E-state index contributed by atoms with van der Waals surface area (Å²) < 4.78 is 5.54. The first kappa shape index (κ1) is 13.7. The summed E-state index contributed by atoms with van der Waals surface area (Å²) >= 11 is 1.37. The van der Waals surface area contributed by atoms with E-state index in [0.717, 1.165) is 11.5 Å². The third-order valence-electron chi connectivity index (χ3n) is 2.90. The highest BCUT2D eigenvalue weighted by Gasteiger charge is 2.23. The summed E-state index contributed by atoms with van der Waals surface area (Å²) in [6.45, 7) is 6.32. The number of hydrogen-bond donors (Lipinski definition) is 1. The van der Waals surface area contributed by atoms with Crippen molar-refractivity contribution >= 4 is 22.9 Å². The number of aryl methyl sites for hydroxylation is 1. The van der Waals surface area contributed by atoms with Crippen LogP contribution in [-0.4, -0.2) is 16.8 Å². The Morgan fingerprint density at radius 3 is 2.63 bits per heavy atom. The summed E-state index contributed by atoms with van der Waals surface area (Å²) in [4.78, 5) is 14.9. The molecule has 2 aromatic heterocycles. The zero-order valence-electron chi connectivity index (χ0n) is 11.3. The van der Waals surface area contributed by atoms with Crippen molar-refractivity contribution in [3.05, 3.63) is 40.0 Å². The van der Waals surface area contributed by atoms with Crippen LogP contribution in [0.2, 0.25) is 0 Å². The van der Waals surface area contributed by atoms with Crippen molar-refractivity contribution in [1.29, 1.82) is 0 Å².